The lowest BCUT2D eigenvalue weighted by Gasteiger charge is -2.24. The van der Waals surface area contributed by atoms with Crippen LogP contribution in [0.25, 0.3) is 0 Å². The van der Waals surface area contributed by atoms with Crippen molar-refractivity contribution in [1.29, 1.82) is 0 Å². The van der Waals surface area contributed by atoms with Crippen LogP contribution in [0.15, 0.2) is 24.3 Å². The van der Waals surface area contributed by atoms with E-state index < -0.39 is 15.1 Å². The largest absolute Gasteiger partial charge is 0.293 e. The summed E-state index contributed by atoms with van der Waals surface area (Å²) in [5.41, 5.74) is 1.76. The van der Waals surface area contributed by atoms with Crippen molar-refractivity contribution >= 4 is 15.6 Å². The van der Waals surface area contributed by atoms with Crippen LogP contribution >= 0.6 is 0 Å². The zero-order valence-corrected chi connectivity index (χ0v) is 13.9. The monoisotopic (exact) mass is 308 g/mol. The molecule has 1 saturated heterocycles. The van der Waals surface area contributed by atoms with E-state index in [9.17, 15) is 13.2 Å². The molecule has 0 radical (unpaired) electrons. The molecule has 1 atom stereocenters. The average molecular weight is 308 g/mol. The summed E-state index contributed by atoms with van der Waals surface area (Å²) in [7, 11) is -3.26. The summed E-state index contributed by atoms with van der Waals surface area (Å²) in [5, 5.41) is -0.837. The van der Waals surface area contributed by atoms with Gasteiger partial charge in [-0.25, -0.2) is 8.42 Å². The van der Waals surface area contributed by atoms with E-state index >= 15 is 0 Å². The number of benzene rings is 1. The molecule has 0 N–H and O–H groups in total. The highest BCUT2D eigenvalue weighted by molar-refractivity contribution is 7.92. The SMILES string of the molecule is CCC(C)(C)c1ccc(C(=O)C2CCCCS2(=O)=O)cc1. The fraction of sp³-hybridized carbons (Fsp3) is 0.588. The van der Waals surface area contributed by atoms with E-state index in [1.54, 1.807) is 12.1 Å². The molecule has 0 amide bonds. The van der Waals surface area contributed by atoms with Crippen molar-refractivity contribution in [3.63, 3.8) is 0 Å². The number of carbonyl (C=O) groups excluding carboxylic acids is 1. The topological polar surface area (TPSA) is 51.2 Å². The Morgan fingerprint density at radius 3 is 2.33 bits per heavy atom. The Morgan fingerprint density at radius 1 is 1.19 bits per heavy atom. The molecule has 21 heavy (non-hydrogen) atoms. The van der Waals surface area contributed by atoms with Crippen molar-refractivity contribution in [1.82, 2.24) is 0 Å². The summed E-state index contributed by atoms with van der Waals surface area (Å²) in [6.45, 7) is 6.46. The number of rotatable bonds is 4. The Labute approximate surface area is 127 Å². The molecule has 1 heterocycles. The van der Waals surface area contributed by atoms with Gasteiger partial charge in [-0.3, -0.25) is 4.79 Å². The van der Waals surface area contributed by atoms with Gasteiger partial charge in [0.05, 0.1) is 5.75 Å². The lowest BCUT2D eigenvalue weighted by Crippen LogP contribution is -2.35. The first kappa shape index (κ1) is 16.2. The van der Waals surface area contributed by atoms with Gasteiger partial charge in [-0.05, 0) is 30.2 Å². The van der Waals surface area contributed by atoms with Crippen LogP contribution < -0.4 is 0 Å². The summed E-state index contributed by atoms with van der Waals surface area (Å²) in [4.78, 5) is 12.5. The molecule has 3 nitrogen and oxygen atoms in total. The zero-order chi connectivity index (χ0) is 15.7. The second kappa shape index (κ2) is 5.91. The lowest BCUT2D eigenvalue weighted by atomic mass is 9.82. The fourth-order valence-corrected chi connectivity index (χ4v) is 4.60. The van der Waals surface area contributed by atoms with Crippen molar-refractivity contribution in [2.75, 3.05) is 5.75 Å². The van der Waals surface area contributed by atoms with Crippen LogP contribution in [0.2, 0.25) is 0 Å². The van der Waals surface area contributed by atoms with E-state index in [0.717, 1.165) is 12.8 Å². The first-order valence-electron chi connectivity index (χ1n) is 7.64. The average Bonchev–Trinajstić information content (AvgIpc) is 2.46. The Balaban J connectivity index is 2.24. The first-order chi connectivity index (χ1) is 9.78. The molecular formula is C17H24O3S. The van der Waals surface area contributed by atoms with Crippen LogP contribution in [0.1, 0.15) is 62.4 Å². The predicted octanol–water partition coefficient (Wildman–Crippen LogP) is 3.52. The van der Waals surface area contributed by atoms with Crippen molar-refractivity contribution in [2.24, 2.45) is 0 Å². The molecule has 0 spiro atoms. The lowest BCUT2D eigenvalue weighted by molar-refractivity contribution is 0.0981. The van der Waals surface area contributed by atoms with Crippen molar-refractivity contribution in [3.8, 4) is 0 Å². The summed E-state index contributed by atoms with van der Waals surface area (Å²) in [6, 6.07) is 7.46. The molecular weight excluding hydrogens is 284 g/mol. The third-order valence-electron chi connectivity index (χ3n) is 4.71. The predicted molar refractivity (Wildman–Crippen MR) is 85.5 cm³/mol. The minimum atomic E-state index is -3.26. The maximum absolute atomic E-state index is 12.5. The van der Waals surface area contributed by atoms with Crippen molar-refractivity contribution in [2.45, 2.75) is 57.1 Å². The number of sulfone groups is 1. The van der Waals surface area contributed by atoms with E-state index in [2.05, 4.69) is 20.8 Å². The molecule has 0 bridgehead atoms. The molecule has 2 rings (SSSR count). The van der Waals surface area contributed by atoms with E-state index in [0.29, 0.717) is 18.4 Å². The number of carbonyl (C=O) groups is 1. The molecule has 116 valence electrons. The zero-order valence-electron chi connectivity index (χ0n) is 13.1. The third kappa shape index (κ3) is 3.37. The van der Waals surface area contributed by atoms with Crippen LogP contribution in [0, 0.1) is 0 Å². The number of ketones is 1. The van der Waals surface area contributed by atoms with Gasteiger partial charge in [0.1, 0.15) is 5.25 Å². The van der Waals surface area contributed by atoms with Crippen LogP contribution in [0.3, 0.4) is 0 Å². The van der Waals surface area contributed by atoms with E-state index in [1.165, 1.54) is 5.56 Å². The van der Waals surface area contributed by atoms with E-state index in [4.69, 9.17) is 0 Å². The Morgan fingerprint density at radius 2 is 1.81 bits per heavy atom. The molecule has 0 aromatic heterocycles. The van der Waals surface area contributed by atoms with Crippen LogP contribution in [0.4, 0.5) is 0 Å². The fourth-order valence-electron chi connectivity index (χ4n) is 2.72. The molecule has 1 aromatic rings. The molecule has 1 fully saturated rings. The van der Waals surface area contributed by atoms with Gasteiger partial charge in [0.2, 0.25) is 0 Å². The highest BCUT2D eigenvalue weighted by Gasteiger charge is 2.35. The summed E-state index contributed by atoms with van der Waals surface area (Å²) in [6.07, 6.45) is 2.97. The van der Waals surface area contributed by atoms with Gasteiger partial charge in [-0.2, -0.15) is 0 Å². The van der Waals surface area contributed by atoms with Crippen molar-refractivity contribution < 1.29 is 13.2 Å². The molecule has 1 aliphatic heterocycles. The summed E-state index contributed by atoms with van der Waals surface area (Å²) >= 11 is 0. The van der Waals surface area contributed by atoms with Gasteiger partial charge >= 0.3 is 0 Å². The van der Waals surface area contributed by atoms with E-state index in [-0.39, 0.29) is 17.0 Å². The summed E-state index contributed by atoms with van der Waals surface area (Å²) in [5.74, 6) is -0.0970. The van der Waals surface area contributed by atoms with Crippen LogP contribution in [-0.2, 0) is 15.3 Å². The highest BCUT2D eigenvalue weighted by atomic mass is 32.2. The quantitative estimate of drug-likeness (QED) is 0.800. The van der Waals surface area contributed by atoms with Gasteiger partial charge in [-0.15, -0.1) is 0 Å². The highest BCUT2D eigenvalue weighted by Crippen LogP contribution is 2.28. The Hall–Kier alpha value is -1.16. The summed E-state index contributed by atoms with van der Waals surface area (Å²) < 4.78 is 24.1. The molecule has 1 unspecified atom stereocenters. The van der Waals surface area contributed by atoms with Crippen LogP contribution in [0.5, 0.6) is 0 Å². The van der Waals surface area contributed by atoms with Crippen molar-refractivity contribution in [3.05, 3.63) is 35.4 Å². The molecule has 1 aliphatic rings. The number of Topliss-reactive ketones (excluding diaryl/α,β-unsaturated/α-hetero) is 1. The number of hydrogen-bond donors (Lipinski definition) is 0. The maximum atomic E-state index is 12.5. The Bertz CT molecular complexity index is 612. The number of hydrogen-bond acceptors (Lipinski definition) is 3. The smallest absolute Gasteiger partial charge is 0.180 e. The molecule has 4 heteroatoms. The van der Waals surface area contributed by atoms with Crippen LogP contribution in [-0.4, -0.2) is 25.2 Å². The maximum Gasteiger partial charge on any atom is 0.180 e. The van der Waals surface area contributed by atoms with Gasteiger partial charge in [0.25, 0.3) is 0 Å². The minimum Gasteiger partial charge on any atom is -0.293 e. The third-order valence-corrected chi connectivity index (χ3v) is 6.88. The normalized spacial score (nSPS) is 22.0. The molecule has 0 aliphatic carbocycles. The van der Waals surface area contributed by atoms with Gasteiger partial charge < -0.3 is 0 Å². The van der Waals surface area contributed by atoms with Gasteiger partial charge in [-0.1, -0.05) is 51.5 Å². The van der Waals surface area contributed by atoms with E-state index in [1.807, 2.05) is 12.1 Å². The van der Waals surface area contributed by atoms with Gasteiger partial charge in [0.15, 0.2) is 15.6 Å². The minimum absolute atomic E-state index is 0.0679. The van der Waals surface area contributed by atoms with Gasteiger partial charge in [0, 0.05) is 5.56 Å². The second-order valence-electron chi connectivity index (χ2n) is 6.53. The molecule has 1 aromatic carbocycles. The standard InChI is InChI=1S/C17H24O3S/c1-4-17(2,3)14-10-8-13(9-11-14)16(18)15-7-5-6-12-21(15,19)20/h8-11,15H,4-7,12H2,1-3H3. The first-order valence-corrected chi connectivity index (χ1v) is 9.36. The Kier molecular flexibility index (Phi) is 4.57. The molecule has 0 saturated carbocycles. The second-order valence-corrected chi connectivity index (χ2v) is 8.83.